The summed E-state index contributed by atoms with van der Waals surface area (Å²) in [6.07, 6.45) is 5.14. The van der Waals surface area contributed by atoms with Gasteiger partial charge in [-0.1, -0.05) is 28.1 Å². The van der Waals surface area contributed by atoms with Crippen molar-refractivity contribution in [2.45, 2.75) is 24.6 Å². The van der Waals surface area contributed by atoms with Crippen LogP contribution in [0, 0.1) is 0 Å². The summed E-state index contributed by atoms with van der Waals surface area (Å²) in [5.41, 5.74) is 0. The third-order valence-corrected chi connectivity index (χ3v) is 2.19. The zero-order valence-corrected chi connectivity index (χ0v) is 9.10. The highest BCUT2D eigenvalue weighted by atomic mass is 79.9. The Kier molecular flexibility index (Phi) is 2.94. The Morgan fingerprint density at radius 2 is 2.17 bits per heavy atom. The Hall–Kier alpha value is -0.310. The van der Waals surface area contributed by atoms with Gasteiger partial charge in [-0.25, -0.2) is 0 Å². The molecule has 0 N–H and O–H groups in total. The van der Waals surface area contributed by atoms with Crippen LogP contribution < -0.4 is 0 Å². The van der Waals surface area contributed by atoms with Gasteiger partial charge in [0.1, 0.15) is 0 Å². The van der Waals surface area contributed by atoms with Crippen molar-refractivity contribution in [3.8, 4) is 0 Å². The second kappa shape index (κ2) is 3.60. The lowest BCUT2D eigenvalue weighted by atomic mass is 10.1. The zero-order valence-electron chi connectivity index (χ0n) is 7.51. The standard InChI is InChI=1S/C9H14BrNO/c1-9(2,10)8(12)11-6-4-3-5-7-11/h3-4H,5-7H2,1-2H3. The molecule has 12 heavy (non-hydrogen) atoms. The van der Waals surface area contributed by atoms with Crippen LogP contribution in [-0.4, -0.2) is 28.2 Å². The number of carbonyl (C=O) groups excluding carboxylic acids is 1. The van der Waals surface area contributed by atoms with E-state index in [1.165, 1.54) is 0 Å². The first kappa shape index (κ1) is 9.78. The quantitative estimate of drug-likeness (QED) is 0.499. The Morgan fingerprint density at radius 1 is 1.50 bits per heavy atom. The van der Waals surface area contributed by atoms with Gasteiger partial charge in [0.05, 0.1) is 4.32 Å². The first-order valence-corrected chi connectivity index (χ1v) is 4.94. The van der Waals surface area contributed by atoms with Gasteiger partial charge in [0, 0.05) is 13.1 Å². The molecule has 1 amide bonds. The fourth-order valence-electron chi connectivity index (χ4n) is 1.20. The van der Waals surface area contributed by atoms with Gasteiger partial charge in [0.25, 0.3) is 0 Å². The highest BCUT2D eigenvalue weighted by Gasteiger charge is 2.28. The van der Waals surface area contributed by atoms with Crippen LogP contribution in [-0.2, 0) is 4.79 Å². The van der Waals surface area contributed by atoms with Crippen molar-refractivity contribution in [1.29, 1.82) is 0 Å². The minimum atomic E-state index is -0.418. The van der Waals surface area contributed by atoms with Crippen molar-refractivity contribution >= 4 is 21.8 Å². The van der Waals surface area contributed by atoms with E-state index in [1.807, 2.05) is 24.8 Å². The molecule has 3 heteroatoms. The summed E-state index contributed by atoms with van der Waals surface area (Å²) in [6, 6.07) is 0. The molecule has 1 aliphatic rings. The summed E-state index contributed by atoms with van der Waals surface area (Å²) in [4.78, 5) is 13.5. The Morgan fingerprint density at radius 3 is 2.58 bits per heavy atom. The lowest BCUT2D eigenvalue weighted by Gasteiger charge is -2.28. The van der Waals surface area contributed by atoms with E-state index in [2.05, 4.69) is 22.0 Å². The minimum Gasteiger partial charge on any atom is -0.337 e. The number of hydrogen-bond donors (Lipinski definition) is 0. The van der Waals surface area contributed by atoms with E-state index in [0.29, 0.717) is 0 Å². The molecule has 0 saturated carbocycles. The normalized spacial score (nSPS) is 18.1. The largest absolute Gasteiger partial charge is 0.337 e. The molecule has 0 aromatic rings. The molecule has 0 spiro atoms. The Bertz CT molecular complexity index is 205. The number of hydrogen-bond acceptors (Lipinski definition) is 1. The highest BCUT2D eigenvalue weighted by molar-refractivity contribution is 9.10. The number of carbonyl (C=O) groups is 1. The second-order valence-corrected chi connectivity index (χ2v) is 5.47. The second-order valence-electron chi connectivity index (χ2n) is 3.48. The van der Waals surface area contributed by atoms with Crippen LogP contribution in [0.15, 0.2) is 12.2 Å². The average molecular weight is 232 g/mol. The van der Waals surface area contributed by atoms with Crippen molar-refractivity contribution in [2.75, 3.05) is 13.1 Å². The molecule has 1 heterocycles. The summed E-state index contributed by atoms with van der Waals surface area (Å²) in [6.45, 7) is 5.37. The Labute approximate surface area is 81.8 Å². The average Bonchev–Trinajstić information content (AvgIpc) is 2.03. The molecular formula is C9H14BrNO. The number of halogens is 1. The zero-order chi connectivity index (χ0) is 9.19. The van der Waals surface area contributed by atoms with Crippen molar-refractivity contribution in [3.05, 3.63) is 12.2 Å². The molecule has 0 aliphatic carbocycles. The molecule has 0 bridgehead atoms. The number of amides is 1. The van der Waals surface area contributed by atoms with Gasteiger partial charge in [0.15, 0.2) is 0 Å². The fraction of sp³-hybridized carbons (Fsp3) is 0.667. The van der Waals surface area contributed by atoms with E-state index in [4.69, 9.17) is 0 Å². The summed E-state index contributed by atoms with van der Waals surface area (Å²) in [7, 11) is 0. The van der Waals surface area contributed by atoms with Crippen LogP contribution >= 0.6 is 15.9 Å². The van der Waals surface area contributed by atoms with Crippen molar-refractivity contribution in [1.82, 2.24) is 4.90 Å². The van der Waals surface area contributed by atoms with Crippen LogP contribution in [0.2, 0.25) is 0 Å². The van der Waals surface area contributed by atoms with Crippen LogP contribution in [0.25, 0.3) is 0 Å². The highest BCUT2D eigenvalue weighted by Crippen LogP contribution is 2.20. The topological polar surface area (TPSA) is 20.3 Å². The summed E-state index contributed by atoms with van der Waals surface area (Å²) in [5, 5.41) is 0. The molecular weight excluding hydrogens is 218 g/mol. The van der Waals surface area contributed by atoms with E-state index >= 15 is 0 Å². The molecule has 0 aromatic heterocycles. The van der Waals surface area contributed by atoms with Crippen molar-refractivity contribution < 1.29 is 4.79 Å². The number of alkyl halides is 1. The molecule has 0 saturated heterocycles. The van der Waals surface area contributed by atoms with Gasteiger partial charge in [-0.2, -0.15) is 0 Å². The lowest BCUT2D eigenvalue weighted by molar-refractivity contribution is -0.132. The van der Waals surface area contributed by atoms with E-state index < -0.39 is 4.32 Å². The SMILES string of the molecule is CC(C)(Br)C(=O)N1CC=CCC1. The molecule has 2 nitrogen and oxygen atoms in total. The molecule has 68 valence electrons. The van der Waals surface area contributed by atoms with E-state index in [1.54, 1.807) is 0 Å². The molecule has 0 aromatic carbocycles. The molecule has 1 rings (SSSR count). The first-order chi connectivity index (χ1) is 5.52. The van der Waals surface area contributed by atoms with Crippen molar-refractivity contribution in [3.63, 3.8) is 0 Å². The molecule has 1 aliphatic heterocycles. The summed E-state index contributed by atoms with van der Waals surface area (Å²) >= 11 is 3.36. The van der Waals surface area contributed by atoms with Gasteiger partial charge in [-0.05, 0) is 20.3 Å². The third-order valence-electron chi connectivity index (χ3n) is 1.85. The first-order valence-electron chi connectivity index (χ1n) is 4.15. The smallest absolute Gasteiger partial charge is 0.239 e. The van der Waals surface area contributed by atoms with Gasteiger partial charge >= 0.3 is 0 Å². The minimum absolute atomic E-state index is 0.173. The Balaban J connectivity index is 2.59. The summed E-state index contributed by atoms with van der Waals surface area (Å²) in [5.74, 6) is 0.173. The predicted molar refractivity (Wildman–Crippen MR) is 53.3 cm³/mol. The lowest BCUT2D eigenvalue weighted by Crippen LogP contribution is -2.43. The van der Waals surface area contributed by atoms with Crippen LogP contribution in [0.3, 0.4) is 0 Å². The van der Waals surface area contributed by atoms with Crippen molar-refractivity contribution in [2.24, 2.45) is 0 Å². The third kappa shape index (κ3) is 2.34. The van der Waals surface area contributed by atoms with Gasteiger partial charge in [0.2, 0.25) is 5.91 Å². The van der Waals surface area contributed by atoms with Crippen LogP contribution in [0.1, 0.15) is 20.3 Å². The van der Waals surface area contributed by atoms with Gasteiger partial charge in [-0.3, -0.25) is 4.79 Å². The van der Waals surface area contributed by atoms with Gasteiger partial charge < -0.3 is 4.90 Å². The molecule has 0 unspecified atom stereocenters. The number of rotatable bonds is 1. The van der Waals surface area contributed by atoms with Crippen LogP contribution in [0.4, 0.5) is 0 Å². The molecule has 0 fully saturated rings. The van der Waals surface area contributed by atoms with Crippen LogP contribution in [0.5, 0.6) is 0 Å². The maximum absolute atomic E-state index is 11.7. The van der Waals surface area contributed by atoms with E-state index in [9.17, 15) is 4.79 Å². The van der Waals surface area contributed by atoms with E-state index in [-0.39, 0.29) is 5.91 Å². The maximum atomic E-state index is 11.7. The van der Waals surface area contributed by atoms with E-state index in [0.717, 1.165) is 19.5 Å². The fourth-order valence-corrected chi connectivity index (χ4v) is 1.45. The van der Waals surface area contributed by atoms with Gasteiger partial charge in [-0.15, -0.1) is 0 Å². The molecule has 0 atom stereocenters. The number of nitrogens with zero attached hydrogens (tertiary/aromatic N) is 1. The monoisotopic (exact) mass is 231 g/mol. The molecule has 0 radical (unpaired) electrons. The summed E-state index contributed by atoms with van der Waals surface area (Å²) < 4.78 is -0.418. The predicted octanol–water partition coefficient (Wildman–Crippen LogP) is 1.95. The maximum Gasteiger partial charge on any atom is 0.239 e.